The highest BCUT2D eigenvalue weighted by molar-refractivity contribution is 6.37. The number of nitrogens with zero attached hydrogens (tertiary/aromatic N) is 3. The van der Waals surface area contributed by atoms with Crippen molar-refractivity contribution in [3.63, 3.8) is 0 Å². The Morgan fingerprint density at radius 3 is 2.70 bits per heavy atom. The maximum absolute atomic E-state index is 11.4. The van der Waals surface area contributed by atoms with Crippen molar-refractivity contribution in [1.29, 1.82) is 0 Å². The van der Waals surface area contributed by atoms with Gasteiger partial charge in [0.15, 0.2) is 5.82 Å². The maximum Gasteiger partial charge on any atom is 0.219 e. The number of hydrazine groups is 1. The number of carbonyl (C=O) groups excluding carboxylic acids is 1. The van der Waals surface area contributed by atoms with Gasteiger partial charge in [-0.2, -0.15) is 0 Å². The largest absolute Gasteiger partial charge is 0.353 e. The Balaban J connectivity index is 2.21. The molecule has 20 heavy (non-hydrogen) atoms. The molecule has 0 saturated carbocycles. The van der Waals surface area contributed by atoms with Crippen LogP contribution in [0.25, 0.3) is 0 Å². The third-order valence-electron chi connectivity index (χ3n) is 3.29. The number of halogens is 2. The SMILES string of the molecule is CC(=O)N1CCCN(c2nc(NN)c(Cl)cc2Cl)CC1. The van der Waals surface area contributed by atoms with Gasteiger partial charge in [-0.25, -0.2) is 10.8 Å². The maximum atomic E-state index is 11.4. The highest BCUT2D eigenvalue weighted by Gasteiger charge is 2.20. The molecule has 1 aliphatic rings. The Bertz CT molecular complexity index is 511. The molecule has 110 valence electrons. The van der Waals surface area contributed by atoms with Crippen LogP contribution in [0.5, 0.6) is 0 Å². The van der Waals surface area contributed by atoms with Crippen LogP contribution in [0.4, 0.5) is 11.6 Å². The molecule has 1 aromatic heterocycles. The van der Waals surface area contributed by atoms with E-state index in [0.29, 0.717) is 34.8 Å². The van der Waals surface area contributed by atoms with Crippen LogP contribution >= 0.6 is 23.2 Å². The first-order chi connectivity index (χ1) is 9.52. The van der Waals surface area contributed by atoms with Crippen molar-refractivity contribution in [3.05, 3.63) is 16.1 Å². The van der Waals surface area contributed by atoms with Crippen LogP contribution in [0.3, 0.4) is 0 Å². The van der Waals surface area contributed by atoms with Crippen molar-refractivity contribution in [1.82, 2.24) is 9.88 Å². The number of nitrogens with one attached hydrogen (secondary N) is 1. The van der Waals surface area contributed by atoms with Gasteiger partial charge in [0.25, 0.3) is 0 Å². The van der Waals surface area contributed by atoms with Gasteiger partial charge in [0.05, 0.1) is 10.0 Å². The van der Waals surface area contributed by atoms with Crippen LogP contribution in [-0.4, -0.2) is 42.0 Å². The minimum Gasteiger partial charge on any atom is -0.353 e. The average molecular weight is 318 g/mol. The summed E-state index contributed by atoms with van der Waals surface area (Å²) in [6.07, 6.45) is 0.867. The molecule has 6 nitrogen and oxygen atoms in total. The normalized spacial score (nSPS) is 16.0. The highest BCUT2D eigenvalue weighted by Crippen LogP contribution is 2.31. The van der Waals surface area contributed by atoms with Crippen molar-refractivity contribution in [3.8, 4) is 0 Å². The molecule has 1 aliphatic heterocycles. The van der Waals surface area contributed by atoms with E-state index in [2.05, 4.69) is 10.4 Å². The summed E-state index contributed by atoms with van der Waals surface area (Å²) in [5, 5.41) is 0.853. The molecule has 8 heteroatoms. The summed E-state index contributed by atoms with van der Waals surface area (Å²) in [7, 11) is 0. The summed E-state index contributed by atoms with van der Waals surface area (Å²) in [4.78, 5) is 19.6. The van der Waals surface area contributed by atoms with Gasteiger partial charge >= 0.3 is 0 Å². The van der Waals surface area contributed by atoms with Gasteiger partial charge in [0.1, 0.15) is 5.82 Å². The summed E-state index contributed by atoms with van der Waals surface area (Å²) >= 11 is 12.2. The van der Waals surface area contributed by atoms with Crippen LogP contribution in [0.15, 0.2) is 6.07 Å². The molecule has 1 saturated heterocycles. The molecule has 0 bridgehead atoms. The zero-order chi connectivity index (χ0) is 14.7. The Morgan fingerprint density at radius 1 is 1.30 bits per heavy atom. The van der Waals surface area contributed by atoms with E-state index in [4.69, 9.17) is 29.0 Å². The number of carbonyl (C=O) groups is 1. The molecule has 1 fully saturated rings. The molecule has 0 radical (unpaired) electrons. The van der Waals surface area contributed by atoms with Crippen LogP contribution in [0.2, 0.25) is 10.0 Å². The quantitative estimate of drug-likeness (QED) is 0.642. The molecular weight excluding hydrogens is 301 g/mol. The first-order valence-electron chi connectivity index (χ1n) is 6.36. The second-order valence-corrected chi connectivity index (χ2v) is 5.43. The minimum absolute atomic E-state index is 0.0892. The second kappa shape index (κ2) is 6.47. The molecular formula is C12H17Cl2N5O. The molecule has 0 spiro atoms. The Hall–Kier alpha value is -1.24. The predicted molar refractivity (Wildman–Crippen MR) is 81.2 cm³/mol. The fourth-order valence-corrected chi connectivity index (χ4v) is 2.76. The van der Waals surface area contributed by atoms with Crippen molar-refractivity contribution in [2.75, 3.05) is 36.5 Å². The van der Waals surface area contributed by atoms with Crippen LogP contribution in [-0.2, 0) is 4.79 Å². The molecule has 0 aromatic carbocycles. The first kappa shape index (κ1) is 15.2. The van der Waals surface area contributed by atoms with Gasteiger partial charge in [-0.15, -0.1) is 0 Å². The van der Waals surface area contributed by atoms with E-state index in [1.165, 1.54) is 0 Å². The molecule has 0 aliphatic carbocycles. The Labute approximate surface area is 127 Å². The Kier molecular flexibility index (Phi) is 4.91. The van der Waals surface area contributed by atoms with Crippen LogP contribution < -0.4 is 16.2 Å². The fraction of sp³-hybridized carbons (Fsp3) is 0.500. The summed E-state index contributed by atoms with van der Waals surface area (Å²) < 4.78 is 0. The van der Waals surface area contributed by atoms with Gasteiger partial charge in [-0.05, 0) is 12.5 Å². The fourth-order valence-electron chi connectivity index (χ4n) is 2.22. The molecule has 2 rings (SSSR count). The number of amides is 1. The number of nitrogens with two attached hydrogens (primary N) is 1. The first-order valence-corrected chi connectivity index (χ1v) is 7.11. The number of nitrogen functional groups attached to an aromatic ring is 1. The molecule has 0 unspecified atom stereocenters. The van der Waals surface area contributed by atoms with E-state index in [1.807, 2.05) is 9.80 Å². The zero-order valence-corrected chi connectivity index (χ0v) is 12.7. The summed E-state index contributed by atoms with van der Waals surface area (Å²) in [5.41, 5.74) is 2.45. The lowest BCUT2D eigenvalue weighted by Crippen LogP contribution is -2.34. The number of hydrogen-bond acceptors (Lipinski definition) is 5. The summed E-state index contributed by atoms with van der Waals surface area (Å²) in [5.74, 6) is 6.49. The third-order valence-corrected chi connectivity index (χ3v) is 3.85. The summed E-state index contributed by atoms with van der Waals surface area (Å²) in [6.45, 7) is 4.44. The van der Waals surface area contributed by atoms with Crippen LogP contribution in [0, 0.1) is 0 Å². The van der Waals surface area contributed by atoms with Gasteiger partial charge in [0.2, 0.25) is 5.91 Å². The van der Waals surface area contributed by atoms with Gasteiger partial charge in [-0.1, -0.05) is 23.2 Å². The van der Waals surface area contributed by atoms with Crippen molar-refractivity contribution in [2.24, 2.45) is 5.84 Å². The standard InChI is InChI=1S/C12H17Cl2N5O/c1-8(20)18-3-2-4-19(6-5-18)12-10(14)7-9(13)11(16-12)17-15/h7H,2-6,15H2,1H3,(H,16,17). The number of pyridine rings is 1. The second-order valence-electron chi connectivity index (χ2n) is 4.62. The van der Waals surface area contributed by atoms with Crippen molar-refractivity contribution >= 4 is 40.7 Å². The lowest BCUT2D eigenvalue weighted by Gasteiger charge is -2.23. The van der Waals surface area contributed by atoms with Gasteiger partial charge < -0.3 is 15.2 Å². The van der Waals surface area contributed by atoms with Gasteiger partial charge in [-0.3, -0.25) is 4.79 Å². The molecule has 1 amide bonds. The lowest BCUT2D eigenvalue weighted by atomic mass is 10.3. The monoisotopic (exact) mass is 317 g/mol. The summed E-state index contributed by atoms with van der Waals surface area (Å²) in [6, 6.07) is 1.62. The molecule has 1 aromatic rings. The topological polar surface area (TPSA) is 74.5 Å². The van der Waals surface area contributed by atoms with Crippen molar-refractivity contribution in [2.45, 2.75) is 13.3 Å². The van der Waals surface area contributed by atoms with E-state index in [1.54, 1.807) is 13.0 Å². The lowest BCUT2D eigenvalue weighted by molar-refractivity contribution is -0.128. The number of rotatable bonds is 2. The highest BCUT2D eigenvalue weighted by atomic mass is 35.5. The van der Waals surface area contributed by atoms with E-state index >= 15 is 0 Å². The number of anilines is 2. The van der Waals surface area contributed by atoms with E-state index < -0.39 is 0 Å². The van der Waals surface area contributed by atoms with E-state index in [0.717, 1.165) is 19.5 Å². The average Bonchev–Trinajstić information content (AvgIpc) is 2.65. The van der Waals surface area contributed by atoms with Crippen LogP contribution in [0.1, 0.15) is 13.3 Å². The Morgan fingerprint density at radius 2 is 2.05 bits per heavy atom. The zero-order valence-electron chi connectivity index (χ0n) is 11.2. The molecule has 0 atom stereocenters. The van der Waals surface area contributed by atoms with E-state index in [-0.39, 0.29) is 5.91 Å². The minimum atomic E-state index is 0.0892. The van der Waals surface area contributed by atoms with E-state index in [9.17, 15) is 4.79 Å². The van der Waals surface area contributed by atoms with Gasteiger partial charge in [0, 0.05) is 33.1 Å². The predicted octanol–water partition coefficient (Wildman–Crippen LogP) is 1.73. The molecule has 3 N–H and O–H groups in total. The third kappa shape index (κ3) is 3.26. The number of aromatic nitrogens is 1. The number of hydrogen-bond donors (Lipinski definition) is 2. The smallest absolute Gasteiger partial charge is 0.219 e. The van der Waals surface area contributed by atoms with Crippen molar-refractivity contribution < 1.29 is 4.79 Å². The molecule has 2 heterocycles.